The Balaban J connectivity index is 2.07. The van der Waals surface area contributed by atoms with E-state index in [0.717, 1.165) is 25.9 Å². The fraction of sp³-hybridized carbons (Fsp3) is 0.500. The van der Waals surface area contributed by atoms with Gasteiger partial charge >= 0.3 is 5.97 Å². The molecule has 1 atom stereocenters. The molecule has 0 aromatic carbocycles. The minimum Gasteiger partial charge on any atom is -0.478 e. The summed E-state index contributed by atoms with van der Waals surface area (Å²) in [4.78, 5) is 31.0. The molecule has 108 valence electrons. The van der Waals surface area contributed by atoms with Crippen molar-refractivity contribution in [2.45, 2.75) is 18.9 Å². The van der Waals surface area contributed by atoms with E-state index >= 15 is 0 Å². The number of amides is 1. The predicted molar refractivity (Wildman–Crippen MR) is 73.8 cm³/mol. The molecule has 1 aromatic rings. The standard InChI is InChI=1S/C14H19N3O3/c1-16-7-3-4-11(9-16)17(2)13(18)12-6-5-10(8-15-12)14(19)20/h5-6,8,11H,3-4,7,9H2,1-2H3,(H,19,20). The third-order valence-corrected chi connectivity index (χ3v) is 3.70. The van der Waals surface area contributed by atoms with Crippen LogP contribution in [0, 0.1) is 0 Å². The summed E-state index contributed by atoms with van der Waals surface area (Å²) in [6.07, 6.45) is 3.28. The second-order valence-corrected chi connectivity index (χ2v) is 5.21. The molecule has 0 bridgehead atoms. The van der Waals surface area contributed by atoms with Gasteiger partial charge in [0.15, 0.2) is 0 Å². The SMILES string of the molecule is CN1CCCC(N(C)C(=O)c2ccc(C(=O)O)cn2)C1. The summed E-state index contributed by atoms with van der Waals surface area (Å²) in [6.45, 7) is 1.92. The number of likely N-dealkylation sites (tertiary alicyclic amines) is 1. The van der Waals surface area contributed by atoms with Gasteiger partial charge in [0.05, 0.1) is 5.56 Å². The number of nitrogens with zero attached hydrogens (tertiary/aromatic N) is 3. The molecule has 0 aliphatic carbocycles. The molecule has 0 radical (unpaired) electrons. The van der Waals surface area contributed by atoms with Gasteiger partial charge in [-0.05, 0) is 38.6 Å². The zero-order chi connectivity index (χ0) is 14.7. The van der Waals surface area contributed by atoms with Crippen LogP contribution in [0.5, 0.6) is 0 Å². The van der Waals surface area contributed by atoms with Gasteiger partial charge in [0, 0.05) is 25.8 Å². The Kier molecular flexibility index (Phi) is 4.34. The largest absolute Gasteiger partial charge is 0.478 e. The van der Waals surface area contributed by atoms with Crippen LogP contribution in [-0.4, -0.2) is 65.0 Å². The molecule has 6 heteroatoms. The number of carboxylic acids is 1. The maximum atomic E-state index is 12.3. The topological polar surface area (TPSA) is 73.7 Å². The molecular formula is C14H19N3O3. The maximum absolute atomic E-state index is 12.3. The highest BCUT2D eigenvalue weighted by Crippen LogP contribution is 2.15. The zero-order valence-electron chi connectivity index (χ0n) is 11.7. The van der Waals surface area contributed by atoms with Gasteiger partial charge < -0.3 is 14.9 Å². The number of carboxylic acid groups (broad SMARTS) is 1. The molecule has 1 aliphatic heterocycles. The highest BCUT2D eigenvalue weighted by molar-refractivity contribution is 5.93. The molecule has 1 amide bonds. The van der Waals surface area contributed by atoms with Crippen LogP contribution in [0.4, 0.5) is 0 Å². The minimum atomic E-state index is -1.04. The quantitative estimate of drug-likeness (QED) is 0.890. The Morgan fingerprint density at radius 1 is 1.45 bits per heavy atom. The summed E-state index contributed by atoms with van der Waals surface area (Å²) in [5.74, 6) is -1.21. The van der Waals surface area contributed by atoms with Crippen LogP contribution in [0.3, 0.4) is 0 Å². The molecule has 1 unspecified atom stereocenters. The summed E-state index contributed by atoms with van der Waals surface area (Å²) in [5.41, 5.74) is 0.368. The van der Waals surface area contributed by atoms with Crippen LogP contribution in [0.1, 0.15) is 33.7 Å². The smallest absolute Gasteiger partial charge is 0.337 e. The van der Waals surface area contributed by atoms with Crippen molar-refractivity contribution in [1.82, 2.24) is 14.8 Å². The van der Waals surface area contributed by atoms with Gasteiger partial charge in [0.2, 0.25) is 0 Å². The number of aromatic nitrogens is 1. The van der Waals surface area contributed by atoms with Gasteiger partial charge in [-0.3, -0.25) is 9.78 Å². The predicted octanol–water partition coefficient (Wildman–Crippen LogP) is 0.946. The van der Waals surface area contributed by atoms with E-state index < -0.39 is 5.97 Å². The first-order valence-electron chi connectivity index (χ1n) is 6.64. The third-order valence-electron chi connectivity index (χ3n) is 3.70. The Bertz CT molecular complexity index is 501. The van der Waals surface area contributed by atoms with E-state index in [0.29, 0.717) is 0 Å². The van der Waals surface area contributed by atoms with Crippen molar-refractivity contribution in [2.75, 3.05) is 27.2 Å². The molecule has 0 spiro atoms. The van der Waals surface area contributed by atoms with Gasteiger partial charge in [-0.15, -0.1) is 0 Å². The Labute approximate surface area is 118 Å². The number of aromatic carboxylic acids is 1. The fourth-order valence-electron chi connectivity index (χ4n) is 2.45. The van der Waals surface area contributed by atoms with Crippen molar-refractivity contribution in [2.24, 2.45) is 0 Å². The molecule has 20 heavy (non-hydrogen) atoms. The summed E-state index contributed by atoms with van der Waals surface area (Å²) in [7, 11) is 3.82. The van der Waals surface area contributed by atoms with E-state index in [4.69, 9.17) is 5.11 Å². The van der Waals surface area contributed by atoms with Crippen LogP contribution >= 0.6 is 0 Å². The summed E-state index contributed by atoms with van der Waals surface area (Å²) >= 11 is 0. The lowest BCUT2D eigenvalue weighted by Gasteiger charge is -2.35. The second kappa shape index (κ2) is 6.00. The number of piperidine rings is 1. The first-order chi connectivity index (χ1) is 9.49. The number of likely N-dealkylation sites (N-methyl/N-ethyl adjacent to an activating group) is 2. The number of pyridine rings is 1. The highest BCUT2D eigenvalue weighted by atomic mass is 16.4. The monoisotopic (exact) mass is 277 g/mol. The second-order valence-electron chi connectivity index (χ2n) is 5.21. The molecule has 2 rings (SSSR count). The number of hydrogen-bond donors (Lipinski definition) is 1. The van der Waals surface area contributed by atoms with Crippen LogP contribution < -0.4 is 0 Å². The van der Waals surface area contributed by atoms with E-state index in [1.54, 1.807) is 11.9 Å². The molecule has 1 N–H and O–H groups in total. The zero-order valence-corrected chi connectivity index (χ0v) is 11.7. The third kappa shape index (κ3) is 3.14. The summed E-state index contributed by atoms with van der Waals surface area (Å²) in [6, 6.07) is 3.06. The van der Waals surface area contributed by atoms with Gasteiger partial charge in [-0.2, -0.15) is 0 Å². The van der Waals surface area contributed by atoms with Crippen molar-refractivity contribution in [3.05, 3.63) is 29.6 Å². The van der Waals surface area contributed by atoms with Gasteiger partial charge in [-0.25, -0.2) is 4.79 Å². The molecule has 0 saturated carbocycles. The minimum absolute atomic E-state index is 0.0848. The average Bonchev–Trinajstić information content (AvgIpc) is 2.46. The van der Waals surface area contributed by atoms with E-state index in [1.807, 2.05) is 7.05 Å². The number of rotatable bonds is 3. The summed E-state index contributed by atoms with van der Waals surface area (Å²) < 4.78 is 0. The van der Waals surface area contributed by atoms with Gasteiger partial charge in [0.25, 0.3) is 5.91 Å². The number of hydrogen-bond acceptors (Lipinski definition) is 4. The lowest BCUT2D eigenvalue weighted by atomic mass is 10.0. The molecule has 1 saturated heterocycles. The van der Waals surface area contributed by atoms with Crippen LogP contribution in [0.2, 0.25) is 0 Å². The number of carbonyl (C=O) groups excluding carboxylic acids is 1. The lowest BCUT2D eigenvalue weighted by molar-refractivity contribution is 0.0634. The van der Waals surface area contributed by atoms with Crippen molar-refractivity contribution in [1.29, 1.82) is 0 Å². The van der Waals surface area contributed by atoms with Crippen LogP contribution in [0.25, 0.3) is 0 Å². The maximum Gasteiger partial charge on any atom is 0.337 e. The summed E-state index contributed by atoms with van der Waals surface area (Å²) in [5, 5.41) is 8.82. The first-order valence-corrected chi connectivity index (χ1v) is 6.64. The van der Waals surface area contributed by atoms with Crippen molar-refractivity contribution >= 4 is 11.9 Å². The Hall–Kier alpha value is -1.95. The fourth-order valence-corrected chi connectivity index (χ4v) is 2.45. The Morgan fingerprint density at radius 2 is 2.20 bits per heavy atom. The van der Waals surface area contributed by atoms with Crippen molar-refractivity contribution < 1.29 is 14.7 Å². The molecule has 1 fully saturated rings. The average molecular weight is 277 g/mol. The molecule has 1 aliphatic rings. The first kappa shape index (κ1) is 14.5. The van der Waals surface area contributed by atoms with E-state index in [9.17, 15) is 9.59 Å². The molecule has 1 aromatic heterocycles. The highest BCUT2D eigenvalue weighted by Gasteiger charge is 2.25. The van der Waals surface area contributed by atoms with E-state index in [2.05, 4.69) is 9.88 Å². The van der Waals surface area contributed by atoms with Crippen molar-refractivity contribution in [3.8, 4) is 0 Å². The molecule has 6 nitrogen and oxygen atoms in total. The molecular weight excluding hydrogens is 258 g/mol. The van der Waals surface area contributed by atoms with Crippen LogP contribution in [0.15, 0.2) is 18.3 Å². The van der Waals surface area contributed by atoms with Gasteiger partial charge in [-0.1, -0.05) is 0 Å². The van der Waals surface area contributed by atoms with E-state index in [1.165, 1.54) is 18.3 Å². The van der Waals surface area contributed by atoms with Gasteiger partial charge in [0.1, 0.15) is 5.69 Å². The Morgan fingerprint density at radius 3 is 2.75 bits per heavy atom. The molecule has 2 heterocycles. The lowest BCUT2D eigenvalue weighted by Crippen LogP contribution is -2.47. The van der Waals surface area contributed by atoms with E-state index in [-0.39, 0.29) is 23.2 Å². The van der Waals surface area contributed by atoms with Crippen LogP contribution in [-0.2, 0) is 0 Å². The van der Waals surface area contributed by atoms with Crippen molar-refractivity contribution in [3.63, 3.8) is 0 Å². The normalized spacial score (nSPS) is 19.6. The number of carbonyl (C=O) groups is 2.